The first-order valence-corrected chi connectivity index (χ1v) is 5.21. The molecule has 0 aliphatic rings. The average Bonchev–Trinajstić information content (AvgIpc) is 2.20. The van der Waals surface area contributed by atoms with Crippen LogP contribution in [-0.4, -0.2) is 12.4 Å². The van der Waals surface area contributed by atoms with Crippen LogP contribution in [0.5, 0.6) is 5.75 Å². The summed E-state index contributed by atoms with van der Waals surface area (Å²) in [6.45, 7) is 0.440. The van der Waals surface area contributed by atoms with E-state index in [1.165, 1.54) is 17.8 Å². The molecule has 0 fully saturated rings. The molecule has 0 saturated heterocycles. The number of nitrogens with zero attached hydrogens (tertiary/aromatic N) is 1. The highest BCUT2D eigenvalue weighted by Crippen LogP contribution is 2.15. The number of thiocyanates is 1. The Kier molecular flexibility index (Phi) is 4.87. The predicted molar refractivity (Wildman–Crippen MR) is 54.6 cm³/mol. The summed E-state index contributed by atoms with van der Waals surface area (Å²) in [5.41, 5.74) is 0. The van der Waals surface area contributed by atoms with Crippen molar-refractivity contribution in [1.29, 1.82) is 5.26 Å². The van der Waals surface area contributed by atoms with Crippen LogP contribution in [0, 0.1) is 16.5 Å². The molecule has 1 rings (SSSR count). The molecule has 0 radical (unpaired) electrons. The highest BCUT2D eigenvalue weighted by molar-refractivity contribution is 8.03. The van der Waals surface area contributed by atoms with Crippen molar-refractivity contribution in [3.05, 3.63) is 30.1 Å². The molecule has 0 bridgehead atoms. The van der Waals surface area contributed by atoms with E-state index >= 15 is 0 Å². The number of nitriles is 1. The summed E-state index contributed by atoms with van der Waals surface area (Å²) < 4.78 is 18.2. The lowest BCUT2D eigenvalue weighted by Gasteiger charge is -2.05. The zero-order chi connectivity index (χ0) is 10.2. The Labute approximate surface area is 86.7 Å². The van der Waals surface area contributed by atoms with Crippen LogP contribution in [0.15, 0.2) is 24.3 Å². The van der Waals surface area contributed by atoms with Crippen LogP contribution in [-0.2, 0) is 0 Å². The Hall–Kier alpha value is -1.21. The van der Waals surface area contributed by atoms with E-state index in [4.69, 9.17) is 10.00 Å². The Morgan fingerprint density at radius 2 is 2.21 bits per heavy atom. The van der Waals surface area contributed by atoms with Crippen molar-refractivity contribution in [3.8, 4) is 11.2 Å². The maximum atomic E-state index is 13.0. The molecule has 2 nitrogen and oxygen atoms in total. The fraction of sp³-hybridized carbons (Fsp3) is 0.300. The summed E-state index contributed by atoms with van der Waals surface area (Å²) >= 11 is 1.18. The number of ether oxygens (including phenoxy) is 1. The number of halogens is 1. The molecule has 0 heterocycles. The molecule has 0 atom stereocenters. The molecule has 0 aliphatic carbocycles. The first kappa shape index (κ1) is 10.9. The minimum absolute atomic E-state index is 0.273. The summed E-state index contributed by atoms with van der Waals surface area (Å²) in [7, 11) is 0. The standard InChI is InChI=1S/C10H10FNOS/c11-9-4-1-2-5-10(9)13-6-3-7-14-8-12/h1-2,4-5H,3,6-7H2. The maximum absolute atomic E-state index is 13.0. The van der Waals surface area contributed by atoms with Crippen LogP contribution in [0.4, 0.5) is 4.39 Å². The molecule has 14 heavy (non-hydrogen) atoms. The van der Waals surface area contributed by atoms with E-state index in [1.807, 2.05) is 5.40 Å². The molecule has 0 aromatic heterocycles. The van der Waals surface area contributed by atoms with E-state index in [-0.39, 0.29) is 11.6 Å². The first-order valence-electron chi connectivity index (χ1n) is 4.23. The third-order valence-corrected chi connectivity index (χ3v) is 2.17. The SMILES string of the molecule is N#CSCCCOc1ccccc1F. The fourth-order valence-electron chi connectivity index (χ4n) is 0.921. The smallest absolute Gasteiger partial charge is 0.165 e. The van der Waals surface area contributed by atoms with Gasteiger partial charge in [0.25, 0.3) is 0 Å². The van der Waals surface area contributed by atoms with Crippen LogP contribution < -0.4 is 4.74 Å². The fourth-order valence-corrected chi connectivity index (χ4v) is 1.27. The second kappa shape index (κ2) is 6.28. The van der Waals surface area contributed by atoms with Gasteiger partial charge in [0.15, 0.2) is 11.6 Å². The van der Waals surface area contributed by atoms with Gasteiger partial charge < -0.3 is 4.74 Å². The van der Waals surface area contributed by atoms with Gasteiger partial charge in [0.1, 0.15) is 5.40 Å². The molecule has 1 aromatic carbocycles. The zero-order valence-corrected chi connectivity index (χ0v) is 8.39. The number of benzene rings is 1. The number of para-hydroxylation sites is 1. The molecule has 0 N–H and O–H groups in total. The third kappa shape index (κ3) is 3.67. The molecule has 0 saturated carbocycles. The van der Waals surface area contributed by atoms with E-state index in [0.717, 1.165) is 6.42 Å². The van der Waals surface area contributed by atoms with E-state index in [1.54, 1.807) is 18.2 Å². The molecular weight excluding hydrogens is 201 g/mol. The quantitative estimate of drug-likeness (QED) is 0.554. The van der Waals surface area contributed by atoms with Crippen molar-refractivity contribution < 1.29 is 9.13 Å². The monoisotopic (exact) mass is 211 g/mol. The van der Waals surface area contributed by atoms with E-state index < -0.39 is 0 Å². The second-order valence-corrected chi connectivity index (χ2v) is 3.45. The number of hydrogen-bond donors (Lipinski definition) is 0. The molecule has 4 heteroatoms. The predicted octanol–water partition coefficient (Wildman–Crippen LogP) is 2.81. The molecule has 74 valence electrons. The van der Waals surface area contributed by atoms with Gasteiger partial charge >= 0.3 is 0 Å². The van der Waals surface area contributed by atoms with E-state index in [2.05, 4.69) is 0 Å². The first-order chi connectivity index (χ1) is 6.84. The minimum atomic E-state index is -0.347. The lowest BCUT2D eigenvalue weighted by molar-refractivity contribution is 0.302. The van der Waals surface area contributed by atoms with Crippen LogP contribution in [0.1, 0.15) is 6.42 Å². The summed E-state index contributed by atoms with van der Waals surface area (Å²) in [5.74, 6) is 0.639. The molecule has 0 amide bonds. The van der Waals surface area contributed by atoms with Gasteiger partial charge in [-0.1, -0.05) is 12.1 Å². The molecule has 0 aliphatic heterocycles. The zero-order valence-electron chi connectivity index (χ0n) is 7.57. The largest absolute Gasteiger partial charge is 0.490 e. The van der Waals surface area contributed by atoms with Crippen molar-refractivity contribution in [1.82, 2.24) is 0 Å². The molecule has 1 aromatic rings. The van der Waals surface area contributed by atoms with Gasteiger partial charge in [0.05, 0.1) is 6.61 Å². The van der Waals surface area contributed by atoms with Crippen LogP contribution in [0.25, 0.3) is 0 Å². The molecule has 0 spiro atoms. The van der Waals surface area contributed by atoms with Crippen molar-refractivity contribution in [2.45, 2.75) is 6.42 Å². The van der Waals surface area contributed by atoms with Gasteiger partial charge in [-0.2, -0.15) is 5.26 Å². The Morgan fingerprint density at radius 1 is 1.43 bits per heavy atom. The minimum Gasteiger partial charge on any atom is -0.490 e. The lowest BCUT2D eigenvalue weighted by Crippen LogP contribution is -1.99. The topological polar surface area (TPSA) is 33.0 Å². The van der Waals surface area contributed by atoms with Crippen molar-refractivity contribution in [2.24, 2.45) is 0 Å². The summed E-state index contributed by atoms with van der Waals surface area (Å²) in [6.07, 6.45) is 0.743. The van der Waals surface area contributed by atoms with E-state index in [9.17, 15) is 4.39 Å². The van der Waals surface area contributed by atoms with Gasteiger partial charge in [-0.05, 0) is 30.3 Å². The molecule has 0 unspecified atom stereocenters. The highest BCUT2D eigenvalue weighted by Gasteiger charge is 1.99. The van der Waals surface area contributed by atoms with Gasteiger partial charge in [-0.25, -0.2) is 4.39 Å². The van der Waals surface area contributed by atoms with Crippen molar-refractivity contribution in [2.75, 3.05) is 12.4 Å². The van der Waals surface area contributed by atoms with Crippen LogP contribution >= 0.6 is 11.8 Å². The second-order valence-electron chi connectivity index (χ2n) is 2.57. The Balaban J connectivity index is 2.25. The van der Waals surface area contributed by atoms with Crippen molar-refractivity contribution in [3.63, 3.8) is 0 Å². The van der Waals surface area contributed by atoms with Gasteiger partial charge in [0, 0.05) is 5.75 Å². The summed E-state index contributed by atoms with van der Waals surface area (Å²) in [4.78, 5) is 0. The van der Waals surface area contributed by atoms with Crippen LogP contribution in [0.3, 0.4) is 0 Å². The van der Waals surface area contributed by atoms with Crippen LogP contribution in [0.2, 0.25) is 0 Å². The number of rotatable bonds is 5. The van der Waals surface area contributed by atoms with Crippen molar-refractivity contribution >= 4 is 11.8 Å². The summed E-state index contributed by atoms with van der Waals surface area (Å²) in [5, 5.41) is 10.2. The summed E-state index contributed by atoms with van der Waals surface area (Å²) in [6, 6.07) is 6.29. The van der Waals surface area contributed by atoms with Gasteiger partial charge in [-0.3, -0.25) is 0 Å². The van der Waals surface area contributed by atoms with Gasteiger partial charge in [0.2, 0.25) is 0 Å². The number of thioether (sulfide) groups is 1. The normalized spacial score (nSPS) is 9.43. The lowest BCUT2D eigenvalue weighted by atomic mass is 10.3. The highest BCUT2D eigenvalue weighted by atomic mass is 32.2. The third-order valence-electron chi connectivity index (χ3n) is 1.55. The number of hydrogen-bond acceptors (Lipinski definition) is 3. The Morgan fingerprint density at radius 3 is 2.93 bits per heavy atom. The maximum Gasteiger partial charge on any atom is 0.165 e. The van der Waals surface area contributed by atoms with E-state index in [0.29, 0.717) is 12.4 Å². The van der Waals surface area contributed by atoms with Gasteiger partial charge in [-0.15, -0.1) is 0 Å². The Bertz CT molecular complexity index is 324. The average molecular weight is 211 g/mol. The molecular formula is C10H10FNOS.